The molecule has 5 fully saturated rings. The third kappa shape index (κ3) is 11.5. The van der Waals surface area contributed by atoms with Gasteiger partial charge in [-0.3, -0.25) is 9.59 Å². The number of carbonyl (C=O) groups excluding carboxylic acids is 2. The Morgan fingerprint density at radius 3 is 1.74 bits per heavy atom. The summed E-state index contributed by atoms with van der Waals surface area (Å²) < 4.78 is 51.3. The molecule has 0 radical (unpaired) electrons. The van der Waals surface area contributed by atoms with Gasteiger partial charge in [0.15, 0.2) is 25.2 Å². The third-order valence-corrected chi connectivity index (χ3v) is 11.7. The van der Waals surface area contributed by atoms with Gasteiger partial charge in [0, 0.05) is 20.3 Å². The maximum Gasteiger partial charge on any atom is 0.364 e. The van der Waals surface area contributed by atoms with Crippen LogP contribution >= 0.6 is 0 Å². The molecule has 25 atom stereocenters. The number of nitrogens with one attached hydrogen (secondary N) is 2. The molecule has 5 aliphatic heterocycles. The molecule has 0 aliphatic carbocycles. The lowest BCUT2D eigenvalue weighted by Crippen LogP contribution is -2.72. The molecule has 0 saturated carbocycles. The molecule has 0 aromatic heterocycles. The number of aliphatic hydroxyl groups is 15. The molecule has 30 heteroatoms. The molecule has 382 valence electrons. The lowest BCUT2D eigenvalue weighted by molar-refractivity contribution is -0.395. The van der Waals surface area contributed by atoms with Crippen LogP contribution in [0.25, 0.3) is 0 Å². The second-order valence-corrected chi connectivity index (χ2v) is 16.4. The van der Waals surface area contributed by atoms with Crippen LogP contribution in [0.3, 0.4) is 0 Å². The lowest BCUT2D eigenvalue weighted by atomic mass is 9.88. The van der Waals surface area contributed by atoms with E-state index in [0.717, 1.165) is 13.8 Å². The molecule has 5 saturated heterocycles. The molecule has 5 heterocycles. The summed E-state index contributed by atoms with van der Waals surface area (Å²) in [5.74, 6) is -6.97. The first-order valence-electron chi connectivity index (χ1n) is 20.6. The van der Waals surface area contributed by atoms with Crippen molar-refractivity contribution < 1.29 is 139 Å². The molecule has 0 spiro atoms. The second kappa shape index (κ2) is 22.9. The monoisotopic (exact) mass is 968 g/mol. The van der Waals surface area contributed by atoms with Gasteiger partial charge in [-0.1, -0.05) is 0 Å². The van der Waals surface area contributed by atoms with E-state index in [2.05, 4.69) is 10.6 Å². The zero-order chi connectivity index (χ0) is 49.1. The van der Waals surface area contributed by atoms with Crippen LogP contribution in [0, 0.1) is 0 Å². The Bertz CT molecular complexity index is 1610. The number of rotatable bonds is 17. The largest absolute Gasteiger partial charge is 0.477 e. The highest BCUT2D eigenvalue weighted by Gasteiger charge is 2.61. The Labute approximate surface area is 373 Å². The van der Waals surface area contributed by atoms with E-state index >= 15 is 0 Å². The van der Waals surface area contributed by atoms with Gasteiger partial charge in [-0.15, -0.1) is 0 Å². The third-order valence-electron chi connectivity index (χ3n) is 11.7. The van der Waals surface area contributed by atoms with E-state index < -0.39 is 210 Å². The molecular formula is C36H60N2O28. The summed E-state index contributed by atoms with van der Waals surface area (Å²) in [6, 6.07) is -3.46. The standard InChI is InChI=1S/C36H60N2O28/c1-9(43)37-17-11(45)3-36(35(56)57,65-27(17)20(49)12(46)4-39)66-30-22(51)15(6-41)60-34(25(30)54)62-26-16(7-42)61-32(64-29-21(50)14(5-40)59-31(55)24(29)53)18(38-10(2)44)28(26)63-33-23(52)19(48)13(47)8-58-33/h11-34,39-42,45-55H,3-8H2,1-2H3,(H,37,43)(H,38,44)(H,56,57)/t11-,12+,13+,14+,15+,16+,17+,18+,19+,20-,21-,22-,23-,24+,25+,26+,27+,28+,29-,30-,31+,32-,33-,34-,36-/m0/s1. The predicted molar refractivity (Wildman–Crippen MR) is 201 cm³/mol. The van der Waals surface area contributed by atoms with Crippen LogP contribution in [0.5, 0.6) is 0 Å². The fraction of sp³-hybridized carbons (Fsp3) is 0.917. The van der Waals surface area contributed by atoms with E-state index in [9.17, 15) is 96.1 Å². The van der Waals surface area contributed by atoms with Crippen LogP contribution in [0.2, 0.25) is 0 Å². The Morgan fingerprint density at radius 1 is 0.621 bits per heavy atom. The maximum atomic E-state index is 13.0. The first kappa shape index (κ1) is 54.4. The van der Waals surface area contributed by atoms with Crippen molar-refractivity contribution in [2.45, 2.75) is 173 Å². The van der Waals surface area contributed by atoms with E-state index in [-0.39, 0.29) is 0 Å². The summed E-state index contributed by atoms with van der Waals surface area (Å²) in [5, 5.41) is 174. The van der Waals surface area contributed by atoms with Crippen LogP contribution in [-0.4, -0.2) is 285 Å². The van der Waals surface area contributed by atoms with Gasteiger partial charge >= 0.3 is 5.97 Å². The molecular weight excluding hydrogens is 908 g/mol. The molecule has 5 rings (SSSR count). The molecule has 0 bridgehead atoms. The van der Waals surface area contributed by atoms with Crippen LogP contribution in [-0.2, 0) is 57.0 Å². The molecule has 18 N–H and O–H groups in total. The summed E-state index contributed by atoms with van der Waals surface area (Å²) in [5.41, 5.74) is 0. The van der Waals surface area contributed by atoms with E-state index in [1.165, 1.54) is 0 Å². The van der Waals surface area contributed by atoms with Crippen LogP contribution in [0.1, 0.15) is 20.3 Å². The van der Waals surface area contributed by atoms with E-state index in [1.54, 1.807) is 0 Å². The highest BCUT2D eigenvalue weighted by molar-refractivity contribution is 5.76. The number of aliphatic hydroxyl groups excluding tert-OH is 15. The van der Waals surface area contributed by atoms with Gasteiger partial charge in [-0.25, -0.2) is 4.79 Å². The number of amides is 2. The van der Waals surface area contributed by atoms with Gasteiger partial charge in [-0.2, -0.15) is 0 Å². The molecule has 66 heavy (non-hydrogen) atoms. The van der Waals surface area contributed by atoms with E-state index in [0.29, 0.717) is 0 Å². The van der Waals surface area contributed by atoms with Gasteiger partial charge in [0.1, 0.15) is 110 Å². The van der Waals surface area contributed by atoms with Crippen molar-refractivity contribution in [1.29, 1.82) is 0 Å². The number of aliphatic carboxylic acids is 1. The number of ether oxygens (including phenoxy) is 9. The summed E-state index contributed by atoms with van der Waals surface area (Å²) in [4.78, 5) is 37.8. The molecule has 30 nitrogen and oxygen atoms in total. The summed E-state index contributed by atoms with van der Waals surface area (Å²) in [6.45, 7) is -2.94. The first-order valence-corrected chi connectivity index (χ1v) is 20.6. The van der Waals surface area contributed by atoms with Gasteiger partial charge in [0.05, 0.1) is 45.2 Å². The normalized spacial score (nSPS) is 46.5. The number of carbonyl (C=O) groups is 3. The van der Waals surface area contributed by atoms with Crippen molar-refractivity contribution in [3.05, 3.63) is 0 Å². The Kier molecular flexibility index (Phi) is 18.9. The topological polar surface area (TPSA) is 482 Å². The van der Waals surface area contributed by atoms with Crippen LogP contribution in [0.4, 0.5) is 0 Å². The van der Waals surface area contributed by atoms with E-state index in [1.807, 2.05) is 0 Å². The smallest absolute Gasteiger partial charge is 0.364 e. The van der Waals surface area contributed by atoms with Crippen molar-refractivity contribution in [2.75, 3.05) is 33.0 Å². The number of carboxylic acid groups (broad SMARTS) is 1. The van der Waals surface area contributed by atoms with Gasteiger partial charge in [-0.05, 0) is 0 Å². The van der Waals surface area contributed by atoms with Gasteiger partial charge in [0.25, 0.3) is 5.79 Å². The molecule has 5 aliphatic rings. The van der Waals surface area contributed by atoms with Gasteiger partial charge in [0.2, 0.25) is 11.8 Å². The van der Waals surface area contributed by atoms with Crippen molar-refractivity contribution in [3.63, 3.8) is 0 Å². The average molecular weight is 969 g/mol. The zero-order valence-electron chi connectivity index (χ0n) is 35.2. The highest BCUT2D eigenvalue weighted by Crippen LogP contribution is 2.39. The van der Waals surface area contributed by atoms with Crippen molar-refractivity contribution in [3.8, 4) is 0 Å². The summed E-state index contributed by atoms with van der Waals surface area (Å²) >= 11 is 0. The highest BCUT2D eigenvalue weighted by atomic mass is 16.8. The quantitative estimate of drug-likeness (QED) is 0.0643. The van der Waals surface area contributed by atoms with E-state index in [4.69, 9.17) is 42.6 Å². The zero-order valence-corrected chi connectivity index (χ0v) is 35.2. The minimum atomic E-state index is -3.19. The predicted octanol–water partition coefficient (Wildman–Crippen LogP) is -11.8. The fourth-order valence-corrected chi connectivity index (χ4v) is 8.25. The lowest BCUT2D eigenvalue weighted by Gasteiger charge is -2.52. The van der Waals surface area contributed by atoms with Crippen LogP contribution in [0.15, 0.2) is 0 Å². The molecule has 0 aromatic rings. The number of carboxylic acids is 1. The van der Waals surface area contributed by atoms with Crippen molar-refractivity contribution in [2.24, 2.45) is 0 Å². The summed E-state index contributed by atoms with van der Waals surface area (Å²) in [7, 11) is 0. The average Bonchev–Trinajstić information content (AvgIpc) is 3.27. The van der Waals surface area contributed by atoms with Crippen LogP contribution < -0.4 is 10.6 Å². The molecule has 0 unspecified atom stereocenters. The minimum Gasteiger partial charge on any atom is -0.477 e. The minimum absolute atomic E-state index is 0.656. The Hall–Kier alpha value is -2.55. The van der Waals surface area contributed by atoms with Crippen molar-refractivity contribution in [1.82, 2.24) is 10.6 Å². The Balaban J connectivity index is 1.53. The SMILES string of the molecule is CC(=O)N[C@H]1[C@H](O[C@@H]2[C@@H](O)[C@H](O)O[C@H](CO)[C@@H]2O)O[C@H](CO)[C@@H](O[C@@H]2O[C@H](CO)[C@H](O)[C@H](O[C@]3(C(=O)O)C[C@H](O)[C@@H](NC(C)=O)[C@H]([C@@H](O)[C@H](O)CO)O3)[C@H]2O)[C@@H]1O[C@@H]1OC[C@@H](O)[C@@H](O)[C@@H]1O. The number of hydrogen-bond acceptors (Lipinski definition) is 27. The molecule has 2 amide bonds. The Morgan fingerprint density at radius 2 is 1.17 bits per heavy atom. The van der Waals surface area contributed by atoms with Gasteiger partial charge < -0.3 is 135 Å². The van der Waals surface area contributed by atoms with Crippen molar-refractivity contribution >= 4 is 17.8 Å². The number of hydrogen-bond donors (Lipinski definition) is 18. The maximum absolute atomic E-state index is 13.0. The fourth-order valence-electron chi connectivity index (χ4n) is 8.25. The molecule has 0 aromatic carbocycles. The second-order valence-electron chi connectivity index (χ2n) is 16.4. The first-order chi connectivity index (χ1) is 31.0. The summed E-state index contributed by atoms with van der Waals surface area (Å²) in [6.07, 6.45) is -45.2.